The summed E-state index contributed by atoms with van der Waals surface area (Å²) in [6.07, 6.45) is 0. The van der Waals surface area contributed by atoms with Crippen LogP contribution in [0.5, 0.6) is 0 Å². The fraction of sp³-hybridized carbons (Fsp3) is 0.125. The fourth-order valence-electron chi connectivity index (χ4n) is 1.72. The molecular weight excluding hydrogens is 286 g/mol. The van der Waals surface area contributed by atoms with Crippen LogP contribution in [-0.2, 0) is 10.5 Å². The molecule has 0 aromatic heterocycles. The Balaban J connectivity index is 1.76. The number of anilines is 1. The van der Waals surface area contributed by atoms with E-state index in [0.29, 0.717) is 11.5 Å². The highest BCUT2D eigenvalue weighted by Gasteiger charge is 2.03. The number of rotatable bonds is 6. The topological polar surface area (TPSA) is 69.2 Å². The zero-order chi connectivity index (χ0) is 15.1. The third-order valence-corrected chi connectivity index (χ3v) is 3.75. The maximum absolute atomic E-state index is 11.7. The van der Waals surface area contributed by atoms with Crippen molar-refractivity contribution in [2.75, 3.05) is 11.1 Å². The molecule has 0 aliphatic rings. The number of carbonyl (C=O) groups is 2. The summed E-state index contributed by atoms with van der Waals surface area (Å²) >= 11 is 1.47. The summed E-state index contributed by atoms with van der Waals surface area (Å²) in [7, 11) is 0. The molecule has 0 saturated heterocycles. The highest BCUT2D eigenvalue weighted by atomic mass is 32.2. The summed E-state index contributed by atoms with van der Waals surface area (Å²) in [5.74, 6) is -0.249. The first-order valence-electron chi connectivity index (χ1n) is 6.38. The minimum Gasteiger partial charge on any atom is -0.545 e. The smallest absolute Gasteiger partial charge is 0.234 e. The number of hydrogen-bond donors (Lipinski definition) is 1. The Kier molecular flexibility index (Phi) is 5.40. The maximum Gasteiger partial charge on any atom is 0.234 e. The van der Waals surface area contributed by atoms with Crippen LogP contribution in [-0.4, -0.2) is 17.6 Å². The standard InChI is InChI=1S/C16H15NO3S/c18-15(17-14-4-2-1-3-5-14)11-21-10-12-6-8-13(9-7-12)16(19)20/h1-9H,10-11H2,(H,17,18)(H,19,20)/p-1. The molecule has 0 aliphatic carbocycles. The molecule has 21 heavy (non-hydrogen) atoms. The van der Waals surface area contributed by atoms with Crippen molar-refractivity contribution in [1.82, 2.24) is 0 Å². The van der Waals surface area contributed by atoms with Crippen LogP contribution in [0.4, 0.5) is 5.69 Å². The van der Waals surface area contributed by atoms with Crippen LogP contribution >= 0.6 is 11.8 Å². The maximum atomic E-state index is 11.7. The van der Waals surface area contributed by atoms with Crippen molar-refractivity contribution >= 4 is 29.3 Å². The third kappa shape index (κ3) is 4.96. The van der Waals surface area contributed by atoms with Gasteiger partial charge in [0.25, 0.3) is 0 Å². The van der Waals surface area contributed by atoms with Crippen molar-refractivity contribution in [3.05, 3.63) is 65.7 Å². The van der Waals surface area contributed by atoms with Gasteiger partial charge in [-0.05, 0) is 23.3 Å². The Morgan fingerprint density at radius 1 is 1.00 bits per heavy atom. The fourth-order valence-corrected chi connectivity index (χ4v) is 2.50. The van der Waals surface area contributed by atoms with Gasteiger partial charge in [-0.2, -0.15) is 0 Å². The zero-order valence-corrected chi connectivity index (χ0v) is 12.1. The monoisotopic (exact) mass is 300 g/mol. The summed E-state index contributed by atoms with van der Waals surface area (Å²) in [6, 6.07) is 15.8. The lowest BCUT2D eigenvalue weighted by atomic mass is 10.1. The summed E-state index contributed by atoms with van der Waals surface area (Å²) in [6.45, 7) is 0. The predicted octanol–water partition coefficient (Wildman–Crippen LogP) is 1.92. The van der Waals surface area contributed by atoms with E-state index in [1.807, 2.05) is 30.3 Å². The van der Waals surface area contributed by atoms with Crippen LogP contribution in [0, 0.1) is 0 Å². The predicted molar refractivity (Wildman–Crippen MR) is 82.0 cm³/mol. The molecule has 0 aliphatic heterocycles. The quantitative estimate of drug-likeness (QED) is 0.885. The Bertz CT molecular complexity index is 611. The summed E-state index contributed by atoms with van der Waals surface area (Å²) in [5.41, 5.74) is 1.91. The molecule has 2 aromatic carbocycles. The normalized spacial score (nSPS) is 10.1. The molecule has 0 spiro atoms. The largest absolute Gasteiger partial charge is 0.545 e. The van der Waals surface area contributed by atoms with Gasteiger partial charge in [0.15, 0.2) is 0 Å². The minimum absolute atomic E-state index is 0.0578. The number of thioether (sulfide) groups is 1. The molecule has 0 bridgehead atoms. The molecule has 1 N–H and O–H groups in total. The highest BCUT2D eigenvalue weighted by Crippen LogP contribution is 2.14. The Morgan fingerprint density at radius 3 is 2.29 bits per heavy atom. The van der Waals surface area contributed by atoms with Gasteiger partial charge in [0.1, 0.15) is 0 Å². The van der Waals surface area contributed by atoms with Gasteiger partial charge in [0.2, 0.25) is 5.91 Å². The van der Waals surface area contributed by atoms with Crippen molar-refractivity contribution in [1.29, 1.82) is 0 Å². The molecule has 0 atom stereocenters. The molecule has 0 fully saturated rings. The van der Waals surface area contributed by atoms with Crippen LogP contribution in [0.25, 0.3) is 0 Å². The van der Waals surface area contributed by atoms with Crippen LogP contribution in [0.15, 0.2) is 54.6 Å². The number of benzene rings is 2. The first-order chi connectivity index (χ1) is 10.1. The van der Waals surface area contributed by atoms with E-state index in [2.05, 4.69) is 5.32 Å². The number of amides is 1. The summed E-state index contributed by atoms with van der Waals surface area (Å²) in [5, 5.41) is 13.4. The van der Waals surface area contributed by atoms with Gasteiger partial charge in [-0.25, -0.2) is 0 Å². The number of para-hydroxylation sites is 1. The molecule has 0 heterocycles. The molecule has 4 nitrogen and oxygen atoms in total. The van der Waals surface area contributed by atoms with Crippen molar-refractivity contribution in [3.8, 4) is 0 Å². The first-order valence-corrected chi connectivity index (χ1v) is 7.53. The van der Waals surface area contributed by atoms with Crippen LogP contribution < -0.4 is 10.4 Å². The lowest BCUT2D eigenvalue weighted by molar-refractivity contribution is -0.255. The Labute approximate surface area is 127 Å². The summed E-state index contributed by atoms with van der Waals surface area (Å²) < 4.78 is 0. The first kappa shape index (κ1) is 15.1. The van der Waals surface area contributed by atoms with Crippen molar-refractivity contribution in [2.45, 2.75) is 5.75 Å². The van der Waals surface area contributed by atoms with Gasteiger partial charge >= 0.3 is 0 Å². The van der Waals surface area contributed by atoms with Gasteiger partial charge < -0.3 is 15.2 Å². The van der Waals surface area contributed by atoms with E-state index in [4.69, 9.17) is 0 Å². The van der Waals surface area contributed by atoms with E-state index in [9.17, 15) is 14.7 Å². The number of aromatic carboxylic acids is 1. The molecule has 5 heteroatoms. The third-order valence-electron chi connectivity index (χ3n) is 2.75. The summed E-state index contributed by atoms with van der Waals surface area (Å²) in [4.78, 5) is 22.3. The number of carbonyl (C=O) groups excluding carboxylic acids is 2. The number of carboxylic acid groups (broad SMARTS) is 1. The lowest BCUT2D eigenvalue weighted by Crippen LogP contribution is -2.21. The number of nitrogens with one attached hydrogen (secondary N) is 1. The second-order valence-electron chi connectivity index (χ2n) is 4.39. The van der Waals surface area contributed by atoms with Gasteiger partial charge in [0, 0.05) is 11.4 Å². The van der Waals surface area contributed by atoms with E-state index in [1.165, 1.54) is 23.9 Å². The molecule has 0 radical (unpaired) electrons. The van der Waals surface area contributed by atoms with Gasteiger partial charge in [-0.1, -0.05) is 42.5 Å². The molecule has 0 unspecified atom stereocenters. The Morgan fingerprint density at radius 2 is 1.67 bits per heavy atom. The number of carboxylic acids is 1. The molecule has 1 amide bonds. The van der Waals surface area contributed by atoms with Gasteiger partial charge in [-0.3, -0.25) is 4.79 Å². The molecule has 0 saturated carbocycles. The van der Waals surface area contributed by atoms with E-state index < -0.39 is 5.97 Å². The van der Waals surface area contributed by atoms with Crippen LogP contribution in [0.3, 0.4) is 0 Å². The van der Waals surface area contributed by atoms with Crippen molar-refractivity contribution in [2.24, 2.45) is 0 Å². The lowest BCUT2D eigenvalue weighted by Gasteiger charge is -2.06. The van der Waals surface area contributed by atoms with E-state index in [-0.39, 0.29) is 11.5 Å². The second kappa shape index (κ2) is 7.50. The minimum atomic E-state index is -1.18. The van der Waals surface area contributed by atoms with Gasteiger partial charge in [-0.15, -0.1) is 11.8 Å². The zero-order valence-electron chi connectivity index (χ0n) is 11.2. The van der Waals surface area contributed by atoms with E-state index >= 15 is 0 Å². The van der Waals surface area contributed by atoms with E-state index in [1.54, 1.807) is 12.1 Å². The SMILES string of the molecule is O=C(CSCc1ccc(C(=O)[O-])cc1)Nc1ccccc1. The Hall–Kier alpha value is -2.27. The average molecular weight is 300 g/mol. The highest BCUT2D eigenvalue weighted by molar-refractivity contribution is 7.99. The van der Waals surface area contributed by atoms with Gasteiger partial charge in [0.05, 0.1) is 11.7 Å². The van der Waals surface area contributed by atoms with Crippen LogP contribution in [0.1, 0.15) is 15.9 Å². The second-order valence-corrected chi connectivity index (χ2v) is 5.38. The van der Waals surface area contributed by atoms with Crippen molar-refractivity contribution in [3.63, 3.8) is 0 Å². The van der Waals surface area contributed by atoms with Crippen molar-refractivity contribution < 1.29 is 14.7 Å². The molecule has 2 rings (SSSR count). The number of hydrogen-bond acceptors (Lipinski definition) is 4. The van der Waals surface area contributed by atoms with Crippen LogP contribution in [0.2, 0.25) is 0 Å². The molecule has 108 valence electrons. The van der Waals surface area contributed by atoms with E-state index in [0.717, 1.165) is 11.3 Å². The molecular formula is C16H14NO3S-. The molecule has 2 aromatic rings. The average Bonchev–Trinajstić information content (AvgIpc) is 2.49.